The average Bonchev–Trinajstić information content (AvgIpc) is 3.39. The zero-order chi connectivity index (χ0) is 19.8. The summed E-state index contributed by atoms with van der Waals surface area (Å²) in [5.74, 6) is 1.89. The minimum absolute atomic E-state index is 0.447. The third kappa shape index (κ3) is 6.14. The standard InChI is InChI=1S/C20H35N5O2S/c1-4-21-20(23-12-19-24-17(14-28-19)15(2)3)22-11-18(16-5-8-27-13-16)25-6-9-26-10-7-25/h14-16,18H,4-13H2,1-3H3,(H2,21,22,23). The number of ether oxygens (including phenoxy) is 2. The van der Waals surface area contributed by atoms with Crippen LogP contribution in [-0.2, 0) is 16.0 Å². The third-order valence-corrected chi connectivity index (χ3v) is 6.23. The normalized spacial score (nSPS) is 22.6. The van der Waals surface area contributed by atoms with Crippen LogP contribution in [0.25, 0.3) is 0 Å². The quantitative estimate of drug-likeness (QED) is 0.506. The van der Waals surface area contributed by atoms with Gasteiger partial charge in [0, 0.05) is 50.1 Å². The predicted octanol–water partition coefficient (Wildman–Crippen LogP) is 2.06. The van der Waals surface area contributed by atoms with Gasteiger partial charge in [-0.25, -0.2) is 9.98 Å². The average molecular weight is 410 g/mol. The molecule has 2 N–H and O–H groups in total. The maximum atomic E-state index is 5.67. The molecule has 2 aliphatic heterocycles. The first-order valence-electron chi connectivity index (χ1n) is 10.5. The van der Waals surface area contributed by atoms with E-state index in [9.17, 15) is 0 Å². The van der Waals surface area contributed by atoms with E-state index >= 15 is 0 Å². The van der Waals surface area contributed by atoms with Gasteiger partial charge in [0.15, 0.2) is 5.96 Å². The Morgan fingerprint density at radius 2 is 2.11 bits per heavy atom. The molecule has 0 spiro atoms. The summed E-state index contributed by atoms with van der Waals surface area (Å²) < 4.78 is 11.2. The Bertz CT molecular complexity index is 609. The Morgan fingerprint density at radius 1 is 1.29 bits per heavy atom. The summed E-state index contributed by atoms with van der Waals surface area (Å²) in [6, 6.07) is 0.447. The van der Waals surface area contributed by atoms with Crippen LogP contribution in [0.3, 0.4) is 0 Å². The maximum Gasteiger partial charge on any atom is 0.191 e. The van der Waals surface area contributed by atoms with Gasteiger partial charge in [-0.3, -0.25) is 4.90 Å². The Morgan fingerprint density at radius 3 is 2.75 bits per heavy atom. The molecule has 7 nitrogen and oxygen atoms in total. The second kappa shape index (κ2) is 11.1. The monoisotopic (exact) mass is 409 g/mol. The highest BCUT2D eigenvalue weighted by Gasteiger charge is 2.31. The number of aliphatic imine (C=N–C) groups is 1. The van der Waals surface area contributed by atoms with Crippen molar-refractivity contribution >= 4 is 17.3 Å². The smallest absolute Gasteiger partial charge is 0.191 e. The first-order valence-corrected chi connectivity index (χ1v) is 11.4. The lowest BCUT2D eigenvalue weighted by Crippen LogP contribution is -2.53. The molecule has 3 heterocycles. The van der Waals surface area contributed by atoms with Gasteiger partial charge in [-0.05, 0) is 19.3 Å². The molecule has 0 bridgehead atoms. The first kappa shape index (κ1) is 21.5. The van der Waals surface area contributed by atoms with E-state index in [-0.39, 0.29) is 0 Å². The van der Waals surface area contributed by atoms with Crippen molar-refractivity contribution in [3.8, 4) is 0 Å². The van der Waals surface area contributed by atoms with E-state index in [1.165, 1.54) is 0 Å². The van der Waals surface area contributed by atoms with E-state index in [1.807, 2.05) is 0 Å². The van der Waals surface area contributed by atoms with E-state index in [4.69, 9.17) is 19.5 Å². The van der Waals surface area contributed by atoms with Gasteiger partial charge < -0.3 is 20.1 Å². The van der Waals surface area contributed by atoms with Crippen molar-refractivity contribution in [2.75, 3.05) is 52.6 Å². The number of hydrogen-bond donors (Lipinski definition) is 2. The molecule has 1 aromatic rings. The number of guanidine groups is 1. The lowest BCUT2D eigenvalue weighted by molar-refractivity contribution is 0.00246. The first-order chi connectivity index (χ1) is 13.7. The van der Waals surface area contributed by atoms with Crippen LogP contribution in [0.1, 0.15) is 43.8 Å². The van der Waals surface area contributed by atoms with Crippen molar-refractivity contribution in [2.24, 2.45) is 10.9 Å². The fraction of sp³-hybridized carbons (Fsp3) is 0.800. The Hall–Kier alpha value is -1.22. The topological polar surface area (TPSA) is 71.0 Å². The summed E-state index contributed by atoms with van der Waals surface area (Å²) in [6.07, 6.45) is 1.13. The summed E-state index contributed by atoms with van der Waals surface area (Å²) in [5.41, 5.74) is 1.15. The van der Waals surface area contributed by atoms with Crippen molar-refractivity contribution in [1.82, 2.24) is 20.5 Å². The molecule has 158 valence electrons. The molecule has 0 amide bonds. The zero-order valence-corrected chi connectivity index (χ0v) is 18.3. The fourth-order valence-corrected chi connectivity index (χ4v) is 4.59. The van der Waals surface area contributed by atoms with Gasteiger partial charge in [-0.2, -0.15) is 0 Å². The number of aromatic nitrogens is 1. The van der Waals surface area contributed by atoms with Crippen molar-refractivity contribution in [3.63, 3.8) is 0 Å². The second-order valence-electron chi connectivity index (χ2n) is 7.74. The van der Waals surface area contributed by atoms with E-state index in [2.05, 4.69) is 41.7 Å². The van der Waals surface area contributed by atoms with Gasteiger partial charge in [0.25, 0.3) is 0 Å². The van der Waals surface area contributed by atoms with Crippen LogP contribution in [0.15, 0.2) is 10.4 Å². The molecular formula is C20H35N5O2S. The highest BCUT2D eigenvalue weighted by molar-refractivity contribution is 7.09. The minimum Gasteiger partial charge on any atom is -0.381 e. The number of rotatable bonds is 8. The summed E-state index contributed by atoms with van der Waals surface area (Å²) in [7, 11) is 0. The molecule has 3 rings (SSSR count). The van der Waals surface area contributed by atoms with Crippen molar-refractivity contribution < 1.29 is 9.47 Å². The Labute approximate surface area is 172 Å². The second-order valence-corrected chi connectivity index (χ2v) is 8.68. The molecule has 1 aromatic heterocycles. The van der Waals surface area contributed by atoms with Gasteiger partial charge in [0.2, 0.25) is 0 Å². The van der Waals surface area contributed by atoms with Gasteiger partial charge in [0.05, 0.1) is 32.1 Å². The van der Waals surface area contributed by atoms with Crippen LogP contribution in [0.5, 0.6) is 0 Å². The highest BCUT2D eigenvalue weighted by atomic mass is 32.1. The van der Waals surface area contributed by atoms with Crippen LogP contribution in [-0.4, -0.2) is 74.5 Å². The van der Waals surface area contributed by atoms with Crippen LogP contribution in [0.4, 0.5) is 0 Å². The maximum absolute atomic E-state index is 5.67. The molecule has 2 unspecified atom stereocenters. The summed E-state index contributed by atoms with van der Waals surface area (Å²) >= 11 is 1.69. The Balaban J connectivity index is 1.60. The van der Waals surface area contributed by atoms with Gasteiger partial charge in [-0.1, -0.05) is 13.8 Å². The summed E-state index contributed by atoms with van der Waals surface area (Å²) in [5, 5.41) is 10.2. The molecule has 2 fully saturated rings. The molecule has 0 aliphatic carbocycles. The number of thiazole rings is 1. The SMILES string of the molecule is CCNC(=NCc1nc(C(C)C)cs1)NCC(C1CCOC1)N1CCOCC1. The molecule has 8 heteroatoms. The van der Waals surface area contributed by atoms with E-state index in [0.717, 1.165) is 75.7 Å². The molecule has 0 saturated carbocycles. The predicted molar refractivity (Wildman–Crippen MR) is 114 cm³/mol. The lowest BCUT2D eigenvalue weighted by atomic mass is 9.97. The van der Waals surface area contributed by atoms with Crippen molar-refractivity contribution in [3.05, 3.63) is 16.1 Å². The molecule has 2 atom stereocenters. The van der Waals surface area contributed by atoms with E-state index in [0.29, 0.717) is 24.4 Å². The van der Waals surface area contributed by atoms with Gasteiger partial charge >= 0.3 is 0 Å². The number of nitrogens with one attached hydrogen (secondary N) is 2. The lowest BCUT2D eigenvalue weighted by Gasteiger charge is -2.37. The highest BCUT2D eigenvalue weighted by Crippen LogP contribution is 2.22. The molecular weight excluding hydrogens is 374 g/mol. The van der Waals surface area contributed by atoms with Crippen LogP contribution in [0, 0.1) is 5.92 Å². The minimum atomic E-state index is 0.447. The number of nitrogens with zero attached hydrogens (tertiary/aromatic N) is 3. The third-order valence-electron chi connectivity index (χ3n) is 5.38. The largest absolute Gasteiger partial charge is 0.381 e. The van der Waals surface area contributed by atoms with Crippen LogP contribution in [0.2, 0.25) is 0 Å². The molecule has 2 aliphatic rings. The number of hydrogen-bond acceptors (Lipinski definition) is 6. The van der Waals surface area contributed by atoms with Crippen molar-refractivity contribution in [1.29, 1.82) is 0 Å². The van der Waals surface area contributed by atoms with E-state index < -0.39 is 0 Å². The summed E-state index contributed by atoms with van der Waals surface area (Å²) in [6.45, 7) is 14.1. The molecule has 28 heavy (non-hydrogen) atoms. The summed E-state index contributed by atoms with van der Waals surface area (Å²) in [4.78, 5) is 12.0. The van der Waals surface area contributed by atoms with Gasteiger partial charge in [0.1, 0.15) is 5.01 Å². The van der Waals surface area contributed by atoms with Crippen LogP contribution < -0.4 is 10.6 Å². The van der Waals surface area contributed by atoms with Crippen molar-refractivity contribution in [2.45, 2.75) is 45.7 Å². The Kier molecular flexibility index (Phi) is 8.51. The zero-order valence-electron chi connectivity index (χ0n) is 17.4. The van der Waals surface area contributed by atoms with Gasteiger partial charge in [-0.15, -0.1) is 11.3 Å². The molecule has 0 aromatic carbocycles. The number of morpholine rings is 1. The fourth-order valence-electron chi connectivity index (χ4n) is 3.71. The molecule has 0 radical (unpaired) electrons. The van der Waals surface area contributed by atoms with E-state index in [1.54, 1.807) is 11.3 Å². The van der Waals surface area contributed by atoms with Crippen LogP contribution >= 0.6 is 11.3 Å². The molecule has 2 saturated heterocycles.